The van der Waals surface area contributed by atoms with E-state index in [1.165, 1.54) is 0 Å². The van der Waals surface area contributed by atoms with E-state index >= 15 is 0 Å². The lowest BCUT2D eigenvalue weighted by Crippen LogP contribution is -2.24. The van der Waals surface area contributed by atoms with Gasteiger partial charge in [-0.2, -0.15) is 0 Å². The molecule has 0 atom stereocenters. The molecule has 0 fully saturated rings. The second kappa shape index (κ2) is 10.2. The molecule has 0 aromatic heterocycles. The lowest BCUT2D eigenvalue weighted by Gasteiger charge is -2.09. The van der Waals surface area contributed by atoms with Crippen molar-refractivity contribution >= 4 is 11.6 Å². The zero-order chi connectivity index (χ0) is 15.5. The van der Waals surface area contributed by atoms with E-state index in [2.05, 4.69) is 24.5 Å². The number of anilines is 1. The number of carbonyl (C=O) groups excluding carboxylic acids is 1. The molecule has 0 unspecified atom stereocenters. The van der Waals surface area contributed by atoms with E-state index in [1.807, 2.05) is 24.3 Å². The summed E-state index contributed by atoms with van der Waals surface area (Å²) in [7, 11) is 1.64. The maximum atomic E-state index is 11.8. The van der Waals surface area contributed by atoms with Gasteiger partial charge in [-0.25, -0.2) is 0 Å². The van der Waals surface area contributed by atoms with Crippen LogP contribution in [0.3, 0.4) is 0 Å². The van der Waals surface area contributed by atoms with Crippen molar-refractivity contribution < 1.29 is 14.3 Å². The number of nitrogens with one attached hydrogen (secondary N) is 2. The number of benzene rings is 1. The van der Waals surface area contributed by atoms with Gasteiger partial charge in [0.25, 0.3) is 0 Å². The molecule has 0 aliphatic heterocycles. The fourth-order valence-electron chi connectivity index (χ4n) is 1.74. The zero-order valence-electron chi connectivity index (χ0n) is 13.1. The van der Waals surface area contributed by atoms with Gasteiger partial charge in [-0.3, -0.25) is 4.79 Å². The third-order valence-electron chi connectivity index (χ3n) is 2.83. The molecule has 0 bridgehead atoms. The topological polar surface area (TPSA) is 59.6 Å². The quantitative estimate of drug-likeness (QED) is 0.651. The highest BCUT2D eigenvalue weighted by molar-refractivity contribution is 5.90. The number of ether oxygens (including phenoxy) is 2. The smallest absolute Gasteiger partial charge is 0.224 e. The van der Waals surface area contributed by atoms with Crippen LogP contribution in [0.4, 0.5) is 5.69 Å². The van der Waals surface area contributed by atoms with E-state index in [1.54, 1.807) is 7.11 Å². The van der Waals surface area contributed by atoms with Crippen molar-refractivity contribution in [2.24, 2.45) is 0 Å². The van der Waals surface area contributed by atoms with Gasteiger partial charge in [0.1, 0.15) is 12.4 Å². The van der Waals surface area contributed by atoms with Crippen molar-refractivity contribution in [3.05, 3.63) is 24.3 Å². The molecule has 5 heteroatoms. The third kappa shape index (κ3) is 8.32. The molecule has 2 N–H and O–H groups in total. The van der Waals surface area contributed by atoms with Crippen LogP contribution in [-0.2, 0) is 9.53 Å². The van der Waals surface area contributed by atoms with Crippen LogP contribution in [0.2, 0.25) is 0 Å². The molecular weight excluding hydrogens is 268 g/mol. The van der Waals surface area contributed by atoms with Crippen LogP contribution in [0.15, 0.2) is 24.3 Å². The minimum atomic E-state index is 0.0357. The van der Waals surface area contributed by atoms with Crippen molar-refractivity contribution in [1.82, 2.24) is 5.32 Å². The van der Waals surface area contributed by atoms with Crippen molar-refractivity contribution in [2.75, 3.05) is 32.2 Å². The fourth-order valence-corrected chi connectivity index (χ4v) is 1.74. The Balaban J connectivity index is 2.26. The number of amides is 1. The van der Waals surface area contributed by atoms with Crippen LogP contribution in [0, 0.1) is 0 Å². The van der Waals surface area contributed by atoms with E-state index in [0.29, 0.717) is 25.7 Å². The highest BCUT2D eigenvalue weighted by Crippen LogP contribution is 2.15. The van der Waals surface area contributed by atoms with Gasteiger partial charge >= 0.3 is 0 Å². The number of hydrogen-bond donors (Lipinski definition) is 2. The summed E-state index contributed by atoms with van der Waals surface area (Å²) in [5.74, 6) is 0.805. The minimum Gasteiger partial charge on any atom is -0.491 e. The molecule has 5 nitrogen and oxygen atoms in total. The molecule has 0 radical (unpaired) electrons. The lowest BCUT2D eigenvalue weighted by atomic mass is 10.2. The van der Waals surface area contributed by atoms with E-state index in [0.717, 1.165) is 24.4 Å². The van der Waals surface area contributed by atoms with Gasteiger partial charge in [-0.05, 0) is 37.2 Å². The van der Waals surface area contributed by atoms with Gasteiger partial charge in [0.2, 0.25) is 5.91 Å². The summed E-state index contributed by atoms with van der Waals surface area (Å²) in [6, 6.07) is 7.81. The number of rotatable bonds is 10. The maximum Gasteiger partial charge on any atom is 0.224 e. The Hall–Kier alpha value is -1.59. The van der Waals surface area contributed by atoms with Crippen LogP contribution in [0.25, 0.3) is 0 Å². The molecule has 0 aliphatic rings. The Morgan fingerprint density at radius 1 is 1.19 bits per heavy atom. The summed E-state index contributed by atoms with van der Waals surface area (Å²) in [6.07, 6.45) is 1.36. The van der Waals surface area contributed by atoms with Gasteiger partial charge < -0.3 is 20.1 Å². The van der Waals surface area contributed by atoms with Gasteiger partial charge in [0, 0.05) is 25.3 Å². The molecule has 0 heterocycles. The van der Waals surface area contributed by atoms with Gasteiger partial charge in [0.15, 0.2) is 0 Å². The summed E-state index contributed by atoms with van der Waals surface area (Å²) < 4.78 is 10.4. The predicted molar refractivity (Wildman–Crippen MR) is 84.8 cm³/mol. The van der Waals surface area contributed by atoms with Crippen molar-refractivity contribution in [3.63, 3.8) is 0 Å². The van der Waals surface area contributed by atoms with E-state index in [-0.39, 0.29) is 5.91 Å². The Morgan fingerprint density at radius 3 is 2.52 bits per heavy atom. The first-order chi connectivity index (χ1) is 10.1. The molecule has 0 saturated heterocycles. The number of methoxy groups -OCH3 is 1. The molecule has 1 rings (SSSR count). The Kier molecular flexibility index (Phi) is 8.47. The normalized spacial score (nSPS) is 10.7. The van der Waals surface area contributed by atoms with Crippen LogP contribution in [0.5, 0.6) is 5.75 Å². The monoisotopic (exact) mass is 294 g/mol. The van der Waals surface area contributed by atoms with Crippen molar-refractivity contribution in [3.8, 4) is 5.75 Å². The first-order valence-electron chi connectivity index (χ1n) is 7.37. The molecule has 21 heavy (non-hydrogen) atoms. The molecule has 1 amide bonds. The van der Waals surface area contributed by atoms with Crippen LogP contribution >= 0.6 is 0 Å². The van der Waals surface area contributed by atoms with Crippen LogP contribution in [-0.4, -0.2) is 38.8 Å². The molecule has 1 aromatic rings. The highest BCUT2D eigenvalue weighted by atomic mass is 16.5. The first-order valence-corrected chi connectivity index (χ1v) is 7.37. The maximum absolute atomic E-state index is 11.8. The molecule has 0 aliphatic carbocycles. The largest absolute Gasteiger partial charge is 0.491 e. The number of hydrogen-bond acceptors (Lipinski definition) is 4. The van der Waals surface area contributed by atoms with Gasteiger partial charge in [0.05, 0.1) is 6.61 Å². The zero-order valence-corrected chi connectivity index (χ0v) is 13.1. The SMILES string of the molecule is COCCOc1ccc(NC(=O)CCCNC(C)C)cc1. The Bertz CT molecular complexity index is 404. The van der Waals surface area contributed by atoms with E-state index in [4.69, 9.17) is 9.47 Å². The lowest BCUT2D eigenvalue weighted by molar-refractivity contribution is -0.116. The van der Waals surface area contributed by atoms with Crippen LogP contribution in [0.1, 0.15) is 26.7 Å². The van der Waals surface area contributed by atoms with Crippen molar-refractivity contribution in [2.45, 2.75) is 32.7 Å². The summed E-state index contributed by atoms with van der Waals surface area (Å²) in [6.45, 7) is 6.12. The predicted octanol–water partition coefficient (Wildman–Crippen LogP) is 2.43. The van der Waals surface area contributed by atoms with Gasteiger partial charge in [-0.1, -0.05) is 13.8 Å². The van der Waals surface area contributed by atoms with E-state index in [9.17, 15) is 4.79 Å². The molecule has 118 valence electrons. The first kappa shape index (κ1) is 17.5. The summed E-state index contributed by atoms with van der Waals surface area (Å²) in [5.41, 5.74) is 0.788. The average molecular weight is 294 g/mol. The third-order valence-corrected chi connectivity index (χ3v) is 2.83. The van der Waals surface area contributed by atoms with Crippen molar-refractivity contribution in [1.29, 1.82) is 0 Å². The molecule has 0 spiro atoms. The fraction of sp³-hybridized carbons (Fsp3) is 0.562. The molecule has 0 saturated carbocycles. The average Bonchev–Trinajstić information content (AvgIpc) is 2.45. The Morgan fingerprint density at radius 2 is 1.90 bits per heavy atom. The molecular formula is C16H26N2O3. The summed E-state index contributed by atoms with van der Waals surface area (Å²) in [4.78, 5) is 11.8. The second-order valence-electron chi connectivity index (χ2n) is 5.13. The summed E-state index contributed by atoms with van der Waals surface area (Å²) in [5, 5.41) is 6.17. The minimum absolute atomic E-state index is 0.0357. The van der Waals surface area contributed by atoms with Gasteiger partial charge in [-0.15, -0.1) is 0 Å². The van der Waals surface area contributed by atoms with E-state index < -0.39 is 0 Å². The van der Waals surface area contributed by atoms with Crippen LogP contribution < -0.4 is 15.4 Å². The molecule has 1 aromatic carbocycles. The second-order valence-corrected chi connectivity index (χ2v) is 5.13. The Labute approximate surface area is 127 Å². The summed E-state index contributed by atoms with van der Waals surface area (Å²) >= 11 is 0. The number of carbonyl (C=O) groups is 1. The highest BCUT2D eigenvalue weighted by Gasteiger charge is 2.03. The standard InChI is InChI=1S/C16H26N2O3/c1-13(2)17-10-4-5-16(19)18-14-6-8-15(9-7-14)21-12-11-20-3/h6-9,13,17H,4-5,10-12H2,1-3H3,(H,18,19).